The molecule has 0 heterocycles. The first-order valence-electron chi connectivity index (χ1n) is 12.5. The third-order valence-electron chi connectivity index (χ3n) is 6.74. The summed E-state index contributed by atoms with van der Waals surface area (Å²) in [6.45, 7) is 2.73. The van der Waals surface area contributed by atoms with Crippen molar-refractivity contribution in [1.82, 2.24) is 10.2 Å². The maximum atomic E-state index is 13.8. The number of carbonyl (C=O) groups excluding carboxylic acids is 2. The van der Waals surface area contributed by atoms with Gasteiger partial charge in [-0.05, 0) is 43.4 Å². The molecule has 206 valence electrons. The van der Waals surface area contributed by atoms with E-state index in [1.54, 1.807) is 38.1 Å². The Morgan fingerprint density at radius 2 is 1.84 bits per heavy atom. The molecule has 0 unspecified atom stereocenters. The fourth-order valence-electron chi connectivity index (χ4n) is 4.67. The molecule has 2 aromatic carbocycles. The van der Waals surface area contributed by atoms with Crippen molar-refractivity contribution in [1.29, 1.82) is 0 Å². The van der Waals surface area contributed by atoms with Crippen LogP contribution in [0.25, 0.3) is 0 Å². The second-order valence-corrected chi connectivity index (χ2v) is 11.8. The average Bonchev–Trinajstić information content (AvgIpc) is 3.36. The molecule has 3 rings (SSSR count). The van der Waals surface area contributed by atoms with Crippen LogP contribution in [-0.4, -0.2) is 54.9 Å². The Morgan fingerprint density at radius 1 is 1.18 bits per heavy atom. The fraction of sp³-hybridized carbons (Fsp3) is 0.462. The Labute approximate surface area is 228 Å². The summed E-state index contributed by atoms with van der Waals surface area (Å²) in [5.41, 5.74) is 0.766. The number of carbonyl (C=O) groups is 2. The van der Waals surface area contributed by atoms with Gasteiger partial charge in [-0.15, -0.1) is 0 Å². The molecule has 1 atom stereocenters. The Morgan fingerprint density at radius 3 is 2.42 bits per heavy atom. The van der Waals surface area contributed by atoms with E-state index in [-0.39, 0.29) is 29.9 Å². The lowest BCUT2D eigenvalue weighted by Crippen LogP contribution is -2.53. The number of hydrogen-bond donors (Lipinski definition) is 1. The van der Waals surface area contributed by atoms with Crippen molar-refractivity contribution < 1.29 is 22.9 Å². The second-order valence-electron chi connectivity index (χ2n) is 9.52. The van der Waals surface area contributed by atoms with Crippen LogP contribution in [0.3, 0.4) is 0 Å². The molecule has 0 aromatic heterocycles. The van der Waals surface area contributed by atoms with Crippen molar-refractivity contribution in [3.05, 3.63) is 68.7 Å². The number of nitrogens with zero attached hydrogens (tertiary/aromatic N) is 3. The average molecular weight is 565 g/mol. The first-order chi connectivity index (χ1) is 17.9. The Balaban J connectivity index is 1.99. The minimum absolute atomic E-state index is 0.0133. The molecule has 1 fully saturated rings. The molecule has 1 N–H and O–H groups in total. The highest BCUT2D eigenvalue weighted by Crippen LogP contribution is 2.28. The number of non-ortho nitro benzene ring substituents is 1. The van der Waals surface area contributed by atoms with Gasteiger partial charge >= 0.3 is 0 Å². The van der Waals surface area contributed by atoms with Gasteiger partial charge < -0.3 is 10.2 Å². The second kappa shape index (κ2) is 12.6. The predicted octanol–water partition coefficient (Wildman–Crippen LogP) is 4.19. The molecule has 12 heteroatoms. The molecule has 0 radical (unpaired) electrons. The molecular formula is C26H33ClN4O6S. The molecule has 1 aliphatic rings. The zero-order valence-electron chi connectivity index (χ0n) is 21.7. The normalized spacial score (nSPS) is 14.6. The van der Waals surface area contributed by atoms with E-state index < -0.39 is 33.4 Å². The van der Waals surface area contributed by atoms with Crippen molar-refractivity contribution in [2.45, 2.75) is 64.6 Å². The summed E-state index contributed by atoms with van der Waals surface area (Å²) in [6.07, 6.45) is 5.01. The summed E-state index contributed by atoms with van der Waals surface area (Å²) in [5.74, 6) is -0.938. The third kappa shape index (κ3) is 7.22. The van der Waals surface area contributed by atoms with Gasteiger partial charge in [0.1, 0.15) is 12.6 Å². The van der Waals surface area contributed by atoms with E-state index in [0.717, 1.165) is 42.3 Å². The highest BCUT2D eigenvalue weighted by atomic mass is 35.5. The van der Waals surface area contributed by atoms with Crippen LogP contribution in [-0.2, 0) is 26.2 Å². The van der Waals surface area contributed by atoms with Gasteiger partial charge in [0.05, 0.1) is 16.9 Å². The van der Waals surface area contributed by atoms with E-state index in [2.05, 4.69) is 5.32 Å². The number of benzene rings is 2. The number of anilines is 1. The van der Waals surface area contributed by atoms with E-state index >= 15 is 0 Å². The maximum absolute atomic E-state index is 13.8. The molecule has 38 heavy (non-hydrogen) atoms. The van der Waals surface area contributed by atoms with Crippen LogP contribution in [0.15, 0.2) is 42.5 Å². The molecule has 0 spiro atoms. The van der Waals surface area contributed by atoms with Crippen LogP contribution in [0.1, 0.15) is 50.2 Å². The van der Waals surface area contributed by atoms with Crippen LogP contribution in [0, 0.1) is 17.0 Å². The molecule has 1 aliphatic carbocycles. The lowest BCUT2D eigenvalue weighted by Gasteiger charge is -2.33. The molecular weight excluding hydrogens is 532 g/mol. The van der Waals surface area contributed by atoms with E-state index in [1.165, 1.54) is 17.0 Å². The predicted molar refractivity (Wildman–Crippen MR) is 147 cm³/mol. The number of nitro benzene ring substituents is 1. The molecule has 0 bridgehead atoms. The third-order valence-corrected chi connectivity index (χ3v) is 8.23. The molecule has 1 saturated carbocycles. The zero-order chi connectivity index (χ0) is 28.0. The standard InChI is InChI=1S/C26H33ClN4O6S/c1-4-23(26(33)28-20-10-6-7-11-20)29(16-19-9-5-8-12-22(19)27)25(32)17-30(38(3,36)37)24-15-21(31(34)35)14-13-18(24)2/h5,8-9,12-15,20,23H,4,6-7,10-11,16-17H2,1-3H3,(H,28,33)/t23-/m1/s1. The van der Waals surface area contributed by atoms with E-state index in [9.17, 15) is 28.1 Å². The first-order valence-corrected chi connectivity index (χ1v) is 14.7. The van der Waals surface area contributed by atoms with Crippen LogP contribution < -0.4 is 9.62 Å². The minimum atomic E-state index is -4.03. The minimum Gasteiger partial charge on any atom is -0.352 e. The van der Waals surface area contributed by atoms with Gasteiger partial charge in [0.2, 0.25) is 21.8 Å². The van der Waals surface area contributed by atoms with Crippen LogP contribution >= 0.6 is 11.6 Å². The highest BCUT2D eigenvalue weighted by Gasteiger charge is 2.34. The Kier molecular flexibility index (Phi) is 9.72. The summed E-state index contributed by atoms with van der Waals surface area (Å²) in [4.78, 5) is 39.2. The van der Waals surface area contributed by atoms with Gasteiger partial charge in [-0.25, -0.2) is 8.42 Å². The van der Waals surface area contributed by atoms with E-state index in [4.69, 9.17) is 11.6 Å². The van der Waals surface area contributed by atoms with E-state index in [0.29, 0.717) is 22.6 Å². The van der Waals surface area contributed by atoms with Crippen molar-refractivity contribution in [2.24, 2.45) is 0 Å². The Hall–Kier alpha value is -3.18. The lowest BCUT2D eigenvalue weighted by atomic mass is 10.1. The van der Waals surface area contributed by atoms with Crippen LogP contribution in [0.5, 0.6) is 0 Å². The summed E-state index contributed by atoms with van der Waals surface area (Å²) in [6, 6.07) is 9.93. The number of sulfonamides is 1. The smallest absolute Gasteiger partial charge is 0.271 e. The van der Waals surface area contributed by atoms with Gasteiger partial charge in [-0.2, -0.15) is 0 Å². The molecule has 2 aromatic rings. The highest BCUT2D eigenvalue weighted by molar-refractivity contribution is 7.92. The van der Waals surface area contributed by atoms with Gasteiger partial charge in [-0.1, -0.05) is 55.6 Å². The summed E-state index contributed by atoms with van der Waals surface area (Å²) in [7, 11) is -4.03. The number of aryl methyl sites for hydroxylation is 1. The quantitative estimate of drug-likeness (QED) is 0.322. The maximum Gasteiger partial charge on any atom is 0.271 e. The largest absolute Gasteiger partial charge is 0.352 e. The number of nitrogens with one attached hydrogen (secondary N) is 1. The number of amides is 2. The van der Waals surface area contributed by atoms with Crippen LogP contribution in [0.4, 0.5) is 11.4 Å². The van der Waals surface area contributed by atoms with Crippen molar-refractivity contribution in [3.8, 4) is 0 Å². The number of rotatable bonds is 11. The SMILES string of the molecule is CC[C@H](C(=O)NC1CCCC1)N(Cc1ccccc1Cl)C(=O)CN(c1cc([N+](=O)[O-])ccc1C)S(C)(=O)=O. The Bertz CT molecular complexity index is 1300. The number of halogens is 1. The van der Waals surface area contributed by atoms with Gasteiger partial charge in [0.15, 0.2) is 0 Å². The molecule has 2 amide bonds. The van der Waals surface area contributed by atoms with Crippen molar-refractivity contribution in [2.75, 3.05) is 17.1 Å². The number of nitro groups is 1. The first kappa shape index (κ1) is 29.4. The topological polar surface area (TPSA) is 130 Å². The molecule has 0 saturated heterocycles. The molecule has 10 nitrogen and oxygen atoms in total. The number of hydrogen-bond acceptors (Lipinski definition) is 6. The zero-order valence-corrected chi connectivity index (χ0v) is 23.3. The monoisotopic (exact) mass is 564 g/mol. The van der Waals surface area contributed by atoms with E-state index in [1.807, 2.05) is 0 Å². The summed E-state index contributed by atoms with van der Waals surface area (Å²) < 4.78 is 26.5. The van der Waals surface area contributed by atoms with Gasteiger partial charge in [0.25, 0.3) is 5.69 Å². The van der Waals surface area contributed by atoms with Gasteiger partial charge in [0, 0.05) is 29.7 Å². The van der Waals surface area contributed by atoms with Crippen LogP contribution in [0.2, 0.25) is 5.02 Å². The van der Waals surface area contributed by atoms with Gasteiger partial charge in [-0.3, -0.25) is 24.0 Å². The lowest BCUT2D eigenvalue weighted by molar-refractivity contribution is -0.384. The molecule has 0 aliphatic heterocycles. The fourth-order valence-corrected chi connectivity index (χ4v) is 5.77. The summed E-state index contributed by atoms with van der Waals surface area (Å²) in [5, 5.41) is 14.8. The van der Waals surface area contributed by atoms with Crippen molar-refractivity contribution >= 4 is 44.8 Å². The summed E-state index contributed by atoms with van der Waals surface area (Å²) >= 11 is 6.37. The van der Waals surface area contributed by atoms with Crippen molar-refractivity contribution in [3.63, 3.8) is 0 Å².